The molecule has 0 bridgehead atoms. The second-order valence-electron chi connectivity index (χ2n) is 8.42. The van der Waals surface area contributed by atoms with Gasteiger partial charge in [0.2, 0.25) is 0 Å². The van der Waals surface area contributed by atoms with Gasteiger partial charge >= 0.3 is 0 Å². The van der Waals surface area contributed by atoms with Gasteiger partial charge < -0.3 is 15.6 Å². The Morgan fingerprint density at radius 1 is 1.13 bits per heavy atom. The summed E-state index contributed by atoms with van der Waals surface area (Å²) in [5, 5.41) is 6.17. The molecule has 1 heterocycles. The fourth-order valence-corrected chi connectivity index (χ4v) is 3.55. The number of carbonyl (C=O) groups excluding carboxylic acids is 1. The van der Waals surface area contributed by atoms with Crippen molar-refractivity contribution in [2.45, 2.75) is 57.8 Å². The van der Waals surface area contributed by atoms with Crippen LogP contribution in [-0.2, 0) is 6.54 Å². The summed E-state index contributed by atoms with van der Waals surface area (Å²) in [4.78, 5) is 25.6. The van der Waals surface area contributed by atoms with Crippen molar-refractivity contribution in [2.24, 2.45) is 5.73 Å². The number of hydrogen-bond donors (Lipinski definition) is 3. The average molecular weight is 409 g/mol. The molecule has 0 aliphatic heterocycles. The Morgan fingerprint density at radius 2 is 1.87 bits per heavy atom. The highest BCUT2D eigenvalue weighted by molar-refractivity contribution is 5.93. The summed E-state index contributed by atoms with van der Waals surface area (Å²) in [5.74, 6) is 0.0367. The third-order valence-corrected chi connectivity index (χ3v) is 5.43. The number of nitrogens with one attached hydrogen (secondary N) is 2. The first-order chi connectivity index (χ1) is 14.3. The van der Waals surface area contributed by atoms with Crippen LogP contribution in [0, 0.1) is 0 Å². The Balaban J connectivity index is 1.61. The molecule has 4 N–H and O–H groups in total. The summed E-state index contributed by atoms with van der Waals surface area (Å²) < 4.78 is 1.61. The van der Waals surface area contributed by atoms with Crippen molar-refractivity contribution in [3.05, 3.63) is 81.8 Å². The van der Waals surface area contributed by atoms with E-state index in [2.05, 4.69) is 30.5 Å². The zero-order chi connectivity index (χ0) is 21.7. The highest BCUT2D eigenvalue weighted by atomic mass is 16.2. The van der Waals surface area contributed by atoms with Crippen LogP contribution in [0.15, 0.2) is 59.5 Å². The van der Waals surface area contributed by atoms with Crippen LogP contribution in [0.5, 0.6) is 0 Å². The van der Waals surface area contributed by atoms with Crippen LogP contribution in [-0.4, -0.2) is 28.7 Å². The van der Waals surface area contributed by atoms with E-state index in [9.17, 15) is 9.59 Å². The van der Waals surface area contributed by atoms with Gasteiger partial charge in [0.1, 0.15) is 11.2 Å². The second-order valence-corrected chi connectivity index (χ2v) is 8.42. The molecule has 3 rings (SSSR count). The molecular formula is C24H32N4O2. The van der Waals surface area contributed by atoms with Crippen molar-refractivity contribution in [2.75, 3.05) is 6.54 Å². The number of benzene rings is 1. The van der Waals surface area contributed by atoms with E-state index < -0.39 is 5.66 Å². The molecule has 6 heteroatoms. The second kappa shape index (κ2) is 9.41. The first-order valence-corrected chi connectivity index (χ1v) is 10.6. The summed E-state index contributed by atoms with van der Waals surface area (Å²) in [7, 11) is 0. The van der Waals surface area contributed by atoms with Gasteiger partial charge in [0.25, 0.3) is 11.5 Å². The maximum absolute atomic E-state index is 12.9. The Kier molecular flexibility index (Phi) is 6.90. The number of nitrogens with two attached hydrogens (primary N) is 1. The van der Waals surface area contributed by atoms with Gasteiger partial charge in [-0.1, -0.05) is 38.1 Å². The molecule has 6 nitrogen and oxygen atoms in total. The van der Waals surface area contributed by atoms with Crippen molar-refractivity contribution in [1.82, 2.24) is 15.2 Å². The van der Waals surface area contributed by atoms with E-state index in [0.29, 0.717) is 12.5 Å². The lowest BCUT2D eigenvalue weighted by molar-refractivity contribution is 0.0936. The molecule has 0 radical (unpaired) electrons. The highest BCUT2D eigenvalue weighted by Crippen LogP contribution is 2.19. The van der Waals surface area contributed by atoms with Crippen LogP contribution in [0.4, 0.5) is 0 Å². The van der Waals surface area contributed by atoms with E-state index in [4.69, 9.17) is 5.73 Å². The van der Waals surface area contributed by atoms with Gasteiger partial charge in [0.15, 0.2) is 0 Å². The first-order valence-electron chi connectivity index (χ1n) is 10.6. The van der Waals surface area contributed by atoms with Crippen molar-refractivity contribution in [3.63, 3.8) is 0 Å². The average Bonchev–Trinajstić information content (AvgIpc) is 3.44. The van der Waals surface area contributed by atoms with Gasteiger partial charge in [-0.2, -0.15) is 0 Å². The number of aromatic nitrogens is 1. The maximum atomic E-state index is 12.9. The minimum atomic E-state index is -0.407. The Labute approximate surface area is 178 Å². The number of amides is 1. The Hall–Kier alpha value is -2.70. The highest BCUT2D eigenvalue weighted by Gasteiger charge is 2.27. The van der Waals surface area contributed by atoms with E-state index in [1.165, 1.54) is 5.56 Å². The molecule has 1 aromatic heterocycles. The number of hydrogen-bond acceptors (Lipinski definition) is 4. The number of carbonyl (C=O) groups is 1. The van der Waals surface area contributed by atoms with Gasteiger partial charge in [0.05, 0.1) is 6.54 Å². The van der Waals surface area contributed by atoms with Crippen LogP contribution in [0.25, 0.3) is 0 Å². The van der Waals surface area contributed by atoms with E-state index in [1.807, 2.05) is 37.3 Å². The lowest BCUT2D eigenvalue weighted by Gasteiger charge is -2.17. The predicted molar refractivity (Wildman–Crippen MR) is 121 cm³/mol. The van der Waals surface area contributed by atoms with Gasteiger partial charge in [-0.15, -0.1) is 0 Å². The van der Waals surface area contributed by atoms with Gasteiger partial charge in [-0.05, 0) is 67.6 Å². The molecule has 1 aliphatic carbocycles. The van der Waals surface area contributed by atoms with E-state index >= 15 is 0 Å². The maximum Gasteiger partial charge on any atom is 0.263 e. The van der Waals surface area contributed by atoms with Crippen LogP contribution in [0.1, 0.15) is 61.0 Å². The summed E-state index contributed by atoms with van der Waals surface area (Å²) in [6.45, 7) is 7.45. The zero-order valence-corrected chi connectivity index (χ0v) is 18.0. The van der Waals surface area contributed by atoms with Crippen LogP contribution >= 0.6 is 0 Å². The third kappa shape index (κ3) is 5.68. The molecular weight excluding hydrogens is 376 g/mol. The smallest absolute Gasteiger partial charge is 0.263 e. The minimum absolute atomic E-state index is 0.0325. The van der Waals surface area contributed by atoms with Crippen molar-refractivity contribution in [3.8, 4) is 0 Å². The molecule has 160 valence electrons. The lowest BCUT2D eigenvalue weighted by Crippen LogP contribution is -2.42. The van der Waals surface area contributed by atoms with Gasteiger partial charge in [-0.25, -0.2) is 0 Å². The summed E-state index contributed by atoms with van der Waals surface area (Å²) in [6.07, 6.45) is 7.25. The molecule has 1 aromatic carbocycles. The predicted octanol–water partition coefficient (Wildman–Crippen LogP) is 2.73. The quantitative estimate of drug-likeness (QED) is 0.320. The van der Waals surface area contributed by atoms with Crippen molar-refractivity contribution >= 4 is 5.91 Å². The fourth-order valence-electron chi connectivity index (χ4n) is 3.55. The van der Waals surface area contributed by atoms with Crippen LogP contribution in [0.2, 0.25) is 0 Å². The molecule has 0 unspecified atom stereocenters. The summed E-state index contributed by atoms with van der Waals surface area (Å²) >= 11 is 0. The van der Waals surface area contributed by atoms with Crippen LogP contribution < -0.4 is 21.9 Å². The molecule has 2 aromatic rings. The Bertz CT molecular complexity index is 971. The standard InChI is InChI=1S/C24H32N4O2/c1-17(2)20-10-5-4-9-19(20)16-28-15-7-11-21(23(28)30)22(29)27-18(3)8-6-14-26-24(25)12-13-24/h4-5,7,9-13,15,17-18,26H,6,8,14,16,25H2,1-3H3,(H,27,29)/t18-/m1/s1. The number of pyridine rings is 1. The summed E-state index contributed by atoms with van der Waals surface area (Å²) in [6, 6.07) is 11.4. The summed E-state index contributed by atoms with van der Waals surface area (Å²) in [5.41, 5.74) is 7.70. The molecule has 0 saturated heterocycles. The molecule has 30 heavy (non-hydrogen) atoms. The molecule has 0 spiro atoms. The van der Waals surface area contributed by atoms with E-state index in [-0.39, 0.29) is 23.1 Å². The first kappa shape index (κ1) is 22.0. The normalized spacial score (nSPS) is 15.2. The molecule has 1 amide bonds. The van der Waals surface area contributed by atoms with Crippen LogP contribution in [0.3, 0.4) is 0 Å². The van der Waals surface area contributed by atoms with Crippen molar-refractivity contribution in [1.29, 1.82) is 0 Å². The monoisotopic (exact) mass is 408 g/mol. The lowest BCUT2D eigenvalue weighted by atomic mass is 9.97. The Morgan fingerprint density at radius 3 is 2.57 bits per heavy atom. The van der Waals surface area contributed by atoms with E-state index in [1.54, 1.807) is 22.9 Å². The minimum Gasteiger partial charge on any atom is -0.349 e. The molecule has 1 atom stereocenters. The molecule has 1 aliphatic rings. The molecule has 0 saturated carbocycles. The number of rotatable bonds is 10. The largest absolute Gasteiger partial charge is 0.349 e. The topological polar surface area (TPSA) is 89.2 Å². The van der Waals surface area contributed by atoms with E-state index in [0.717, 1.165) is 24.9 Å². The van der Waals surface area contributed by atoms with Gasteiger partial charge in [-0.3, -0.25) is 14.9 Å². The molecule has 0 fully saturated rings. The third-order valence-electron chi connectivity index (χ3n) is 5.43. The zero-order valence-electron chi connectivity index (χ0n) is 18.0. The SMILES string of the molecule is CC(C)c1ccccc1Cn1cccc(C(=O)N[C@H](C)CCCNC2(N)C=C2)c1=O. The van der Waals surface area contributed by atoms with Crippen molar-refractivity contribution < 1.29 is 4.79 Å². The van der Waals surface area contributed by atoms with Gasteiger partial charge in [0, 0.05) is 12.2 Å². The fraction of sp³-hybridized carbons (Fsp3) is 0.417. The number of nitrogens with zero attached hydrogens (tertiary/aromatic N) is 1.